The number of amides is 2. The van der Waals surface area contributed by atoms with Crippen molar-refractivity contribution in [3.05, 3.63) is 29.8 Å². The highest BCUT2D eigenvalue weighted by atomic mass is 19.2. The number of nitrogens with one attached hydrogen (secondary N) is 2. The van der Waals surface area contributed by atoms with Crippen LogP contribution in [0.4, 0.5) is 19.3 Å². The Balaban J connectivity index is 2.06. The average molecular weight is 298 g/mol. The third kappa shape index (κ3) is 3.68. The molecule has 21 heavy (non-hydrogen) atoms. The third-order valence-electron chi connectivity index (χ3n) is 3.63. The van der Waals surface area contributed by atoms with Crippen molar-refractivity contribution in [3.63, 3.8) is 0 Å². The summed E-state index contributed by atoms with van der Waals surface area (Å²) >= 11 is 0. The van der Waals surface area contributed by atoms with Crippen molar-refractivity contribution in [3.8, 4) is 0 Å². The molecule has 1 aliphatic rings. The van der Waals surface area contributed by atoms with E-state index in [4.69, 9.17) is 5.11 Å². The quantitative estimate of drug-likeness (QED) is 0.799. The summed E-state index contributed by atoms with van der Waals surface area (Å²) in [7, 11) is 0. The summed E-state index contributed by atoms with van der Waals surface area (Å²) in [6, 6.07) is 2.72. The van der Waals surface area contributed by atoms with Crippen LogP contribution in [0.2, 0.25) is 0 Å². The van der Waals surface area contributed by atoms with Crippen molar-refractivity contribution in [2.24, 2.45) is 0 Å². The first kappa shape index (κ1) is 15.2. The zero-order valence-electron chi connectivity index (χ0n) is 11.3. The monoisotopic (exact) mass is 298 g/mol. The van der Waals surface area contributed by atoms with Crippen LogP contribution < -0.4 is 10.6 Å². The largest absolute Gasteiger partial charge is 0.481 e. The van der Waals surface area contributed by atoms with Crippen LogP contribution in [0.25, 0.3) is 0 Å². The van der Waals surface area contributed by atoms with Crippen LogP contribution in [0.15, 0.2) is 18.2 Å². The second kappa shape index (κ2) is 6.07. The van der Waals surface area contributed by atoms with Gasteiger partial charge in [0, 0.05) is 0 Å². The van der Waals surface area contributed by atoms with Gasteiger partial charge in [-0.15, -0.1) is 0 Å². The fourth-order valence-electron chi connectivity index (χ4n) is 2.68. The molecule has 0 bridgehead atoms. The Bertz CT molecular complexity index is 557. The van der Waals surface area contributed by atoms with Crippen LogP contribution in [0.5, 0.6) is 0 Å². The number of halogens is 2. The van der Waals surface area contributed by atoms with Crippen LogP contribution in [0.3, 0.4) is 0 Å². The van der Waals surface area contributed by atoms with Gasteiger partial charge in [-0.2, -0.15) is 0 Å². The smallest absolute Gasteiger partial charge is 0.319 e. The molecule has 7 heteroatoms. The lowest BCUT2D eigenvalue weighted by Crippen LogP contribution is -2.49. The summed E-state index contributed by atoms with van der Waals surface area (Å²) in [6.07, 6.45) is 2.56. The van der Waals surface area contributed by atoms with E-state index in [1.54, 1.807) is 0 Å². The highest BCUT2D eigenvalue weighted by Gasteiger charge is 2.37. The number of hydrogen-bond acceptors (Lipinski definition) is 2. The molecule has 0 aliphatic heterocycles. The predicted molar refractivity (Wildman–Crippen MR) is 72.0 cm³/mol. The molecule has 0 aromatic heterocycles. The molecular formula is C14H16F2N2O3. The maximum atomic E-state index is 13.5. The van der Waals surface area contributed by atoms with Gasteiger partial charge in [-0.1, -0.05) is 18.9 Å². The molecule has 114 valence electrons. The van der Waals surface area contributed by atoms with Gasteiger partial charge in [0.2, 0.25) is 0 Å². The van der Waals surface area contributed by atoms with Gasteiger partial charge in [0.15, 0.2) is 11.6 Å². The highest BCUT2D eigenvalue weighted by Crippen LogP contribution is 2.32. The number of carbonyl (C=O) groups is 2. The summed E-state index contributed by atoms with van der Waals surface area (Å²) in [5.41, 5.74) is -1.10. The summed E-state index contributed by atoms with van der Waals surface area (Å²) < 4.78 is 26.5. The number of carbonyl (C=O) groups excluding carboxylic acids is 1. The van der Waals surface area contributed by atoms with Crippen LogP contribution in [0, 0.1) is 11.6 Å². The van der Waals surface area contributed by atoms with Gasteiger partial charge in [0.05, 0.1) is 17.6 Å². The minimum atomic E-state index is -1.15. The van der Waals surface area contributed by atoms with Crippen molar-refractivity contribution < 1.29 is 23.5 Å². The van der Waals surface area contributed by atoms with E-state index in [1.165, 1.54) is 12.1 Å². The van der Waals surface area contributed by atoms with Crippen LogP contribution in [-0.4, -0.2) is 22.6 Å². The minimum Gasteiger partial charge on any atom is -0.481 e. The Kier molecular flexibility index (Phi) is 4.40. The Morgan fingerprint density at radius 1 is 1.24 bits per heavy atom. The maximum Gasteiger partial charge on any atom is 0.319 e. The molecule has 2 rings (SSSR count). The highest BCUT2D eigenvalue weighted by molar-refractivity contribution is 5.90. The lowest BCUT2D eigenvalue weighted by atomic mass is 9.93. The summed E-state index contributed by atoms with van der Waals surface area (Å²) in [6.45, 7) is 0. The van der Waals surface area contributed by atoms with Crippen molar-refractivity contribution in [2.45, 2.75) is 37.6 Å². The topological polar surface area (TPSA) is 78.4 Å². The van der Waals surface area contributed by atoms with Crippen molar-refractivity contribution >= 4 is 17.7 Å². The first-order valence-electron chi connectivity index (χ1n) is 6.67. The molecule has 1 aromatic carbocycles. The summed E-state index contributed by atoms with van der Waals surface area (Å²) in [5.74, 6) is -3.21. The van der Waals surface area contributed by atoms with Crippen LogP contribution in [-0.2, 0) is 4.79 Å². The van der Waals surface area contributed by atoms with Gasteiger partial charge in [-0.25, -0.2) is 13.6 Å². The van der Waals surface area contributed by atoms with Gasteiger partial charge >= 0.3 is 12.0 Å². The first-order valence-corrected chi connectivity index (χ1v) is 6.67. The first-order chi connectivity index (χ1) is 9.92. The van der Waals surface area contributed by atoms with Crippen LogP contribution in [0.1, 0.15) is 32.1 Å². The number of hydrogen-bond donors (Lipinski definition) is 3. The number of rotatable bonds is 4. The molecule has 0 radical (unpaired) electrons. The van der Waals surface area contributed by atoms with E-state index in [0.29, 0.717) is 12.8 Å². The normalized spacial score (nSPS) is 16.5. The Morgan fingerprint density at radius 3 is 2.52 bits per heavy atom. The molecule has 2 amide bonds. The second-order valence-electron chi connectivity index (χ2n) is 5.24. The number of urea groups is 1. The Morgan fingerprint density at radius 2 is 1.90 bits per heavy atom. The predicted octanol–water partition coefficient (Wildman–Crippen LogP) is 2.87. The average Bonchev–Trinajstić information content (AvgIpc) is 2.82. The van der Waals surface area contributed by atoms with E-state index in [1.807, 2.05) is 0 Å². The van der Waals surface area contributed by atoms with Gasteiger partial charge in [-0.05, 0) is 25.0 Å². The van der Waals surface area contributed by atoms with Gasteiger partial charge in [-0.3, -0.25) is 4.79 Å². The van der Waals surface area contributed by atoms with E-state index in [-0.39, 0.29) is 12.1 Å². The van der Waals surface area contributed by atoms with Crippen molar-refractivity contribution in [1.29, 1.82) is 0 Å². The second-order valence-corrected chi connectivity index (χ2v) is 5.24. The number of aliphatic carboxylic acids is 1. The van der Waals surface area contributed by atoms with E-state index in [2.05, 4.69) is 10.6 Å². The molecule has 3 N–H and O–H groups in total. The van der Waals surface area contributed by atoms with Gasteiger partial charge in [0.25, 0.3) is 0 Å². The van der Waals surface area contributed by atoms with Gasteiger partial charge < -0.3 is 15.7 Å². The molecule has 1 saturated carbocycles. The summed E-state index contributed by atoms with van der Waals surface area (Å²) in [5, 5.41) is 13.8. The lowest BCUT2D eigenvalue weighted by Gasteiger charge is -2.28. The van der Waals surface area contributed by atoms with E-state index >= 15 is 0 Å². The lowest BCUT2D eigenvalue weighted by molar-refractivity contribution is -0.138. The molecule has 0 atom stereocenters. The standard InChI is InChI=1S/C14H16F2N2O3/c15-9-4-3-5-10(12(9)16)17-13(21)18-14(8-11(19)20)6-1-2-7-14/h3-5H,1-2,6-8H2,(H,19,20)(H2,17,18,21). The molecule has 5 nitrogen and oxygen atoms in total. The summed E-state index contributed by atoms with van der Waals surface area (Å²) in [4.78, 5) is 22.8. The molecule has 1 aliphatic carbocycles. The SMILES string of the molecule is O=C(O)CC1(NC(=O)Nc2cccc(F)c2F)CCCC1. The van der Waals surface area contributed by atoms with Crippen molar-refractivity contribution in [2.75, 3.05) is 5.32 Å². The van der Waals surface area contributed by atoms with Crippen LogP contribution >= 0.6 is 0 Å². The Labute approximate surface area is 120 Å². The molecule has 1 aromatic rings. The molecule has 0 heterocycles. The fraction of sp³-hybridized carbons (Fsp3) is 0.429. The van der Waals surface area contributed by atoms with E-state index < -0.39 is 29.2 Å². The Hall–Kier alpha value is -2.18. The number of benzene rings is 1. The molecule has 1 fully saturated rings. The molecule has 0 spiro atoms. The van der Waals surface area contributed by atoms with Crippen molar-refractivity contribution in [1.82, 2.24) is 5.32 Å². The third-order valence-corrected chi connectivity index (χ3v) is 3.63. The van der Waals surface area contributed by atoms with E-state index in [0.717, 1.165) is 18.9 Å². The number of carboxylic acids is 1. The fourth-order valence-corrected chi connectivity index (χ4v) is 2.68. The maximum absolute atomic E-state index is 13.5. The van der Waals surface area contributed by atoms with E-state index in [9.17, 15) is 18.4 Å². The molecule has 0 unspecified atom stereocenters. The molecular weight excluding hydrogens is 282 g/mol. The zero-order valence-corrected chi connectivity index (χ0v) is 11.3. The zero-order chi connectivity index (χ0) is 15.5. The number of carboxylic acid groups (broad SMARTS) is 1. The van der Waals surface area contributed by atoms with Gasteiger partial charge in [0.1, 0.15) is 0 Å². The number of anilines is 1. The minimum absolute atomic E-state index is 0.188. The molecule has 0 saturated heterocycles.